The summed E-state index contributed by atoms with van der Waals surface area (Å²) in [7, 11) is 0. The Labute approximate surface area is 222 Å². The molecule has 184 valence electrons. The molecule has 0 aromatic heterocycles. The molecule has 1 amide bonds. The number of carbonyl (C=O) groups excluding carboxylic acids is 1. The standard InChI is InChI=1S/C30H22BrFN2O3/c31-25-8-15-29(37-20-22-6-9-26(32)10-7-22)23(17-25)16-24(18-33)30(35)34-27-11-13-28(14-12-27)36-19-21-4-2-1-3-5-21/h1-17H,19-20H2,(H,34,35)/b24-16+. The number of carbonyl (C=O) groups is 1. The van der Waals surface area contributed by atoms with Crippen molar-refractivity contribution in [2.45, 2.75) is 13.2 Å². The van der Waals surface area contributed by atoms with Crippen LogP contribution in [0.3, 0.4) is 0 Å². The number of benzene rings is 4. The average Bonchev–Trinajstić information content (AvgIpc) is 2.92. The van der Waals surface area contributed by atoms with Gasteiger partial charge in [-0.2, -0.15) is 5.26 Å². The van der Waals surface area contributed by atoms with Crippen LogP contribution >= 0.6 is 15.9 Å². The van der Waals surface area contributed by atoms with Crippen LogP contribution in [0.2, 0.25) is 0 Å². The predicted octanol–water partition coefficient (Wildman–Crippen LogP) is 7.29. The maximum atomic E-state index is 13.2. The van der Waals surface area contributed by atoms with Crippen molar-refractivity contribution in [3.05, 3.63) is 130 Å². The monoisotopic (exact) mass is 556 g/mol. The second kappa shape index (κ2) is 12.5. The summed E-state index contributed by atoms with van der Waals surface area (Å²) >= 11 is 3.42. The molecule has 5 nitrogen and oxygen atoms in total. The molecule has 0 spiro atoms. The van der Waals surface area contributed by atoms with Crippen LogP contribution in [-0.2, 0) is 18.0 Å². The van der Waals surface area contributed by atoms with Gasteiger partial charge in [0.1, 0.15) is 42.2 Å². The smallest absolute Gasteiger partial charge is 0.266 e. The molecule has 7 heteroatoms. The van der Waals surface area contributed by atoms with E-state index >= 15 is 0 Å². The molecule has 0 saturated carbocycles. The van der Waals surface area contributed by atoms with E-state index in [-0.39, 0.29) is 18.0 Å². The highest BCUT2D eigenvalue weighted by molar-refractivity contribution is 9.10. The van der Waals surface area contributed by atoms with Crippen molar-refractivity contribution >= 4 is 33.6 Å². The lowest BCUT2D eigenvalue weighted by Gasteiger charge is -2.11. The molecule has 0 radical (unpaired) electrons. The molecule has 0 saturated heterocycles. The van der Waals surface area contributed by atoms with Crippen molar-refractivity contribution in [3.8, 4) is 17.6 Å². The molecule has 4 aromatic rings. The van der Waals surface area contributed by atoms with Crippen LogP contribution < -0.4 is 14.8 Å². The van der Waals surface area contributed by atoms with Gasteiger partial charge in [-0.15, -0.1) is 0 Å². The fourth-order valence-electron chi connectivity index (χ4n) is 3.38. The van der Waals surface area contributed by atoms with E-state index in [9.17, 15) is 14.4 Å². The van der Waals surface area contributed by atoms with Crippen molar-refractivity contribution in [1.29, 1.82) is 5.26 Å². The Balaban J connectivity index is 1.42. The van der Waals surface area contributed by atoms with Gasteiger partial charge in [0.05, 0.1) is 0 Å². The van der Waals surface area contributed by atoms with Crippen LogP contribution in [-0.4, -0.2) is 5.91 Å². The van der Waals surface area contributed by atoms with Crippen molar-refractivity contribution in [3.63, 3.8) is 0 Å². The van der Waals surface area contributed by atoms with Crippen LogP contribution in [0.25, 0.3) is 6.08 Å². The first-order valence-electron chi connectivity index (χ1n) is 11.4. The van der Waals surface area contributed by atoms with Crippen molar-refractivity contribution in [2.24, 2.45) is 0 Å². The zero-order valence-corrected chi connectivity index (χ0v) is 21.2. The van der Waals surface area contributed by atoms with Gasteiger partial charge in [0.15, 0.2) is 0 Å². The maximum Gasteiger partial charge on any atom is 0.266 e. The first-order chi connectivity index (χ1) is 18.0. The van der Waals surface area contributed by atoms with E-state index in [1.165, 1.54) is 18.2 Å². The number of amides is 1. The van der Waals surface area contributed by atoms with Crippen LogP contribution in [0.5, 0.6) is 11.5 Å². The second-order valence-corrected chi connectivity index (χ2v) is 8.94. The van der Waals surface area contributed by atoms with Crippen molar-refractivity contribution in [1.82, 2.24) is 0 Å². The number of ether oxygens (including phenoxy) is 2. The normalized spacial score (nSPS) is 10.9. The van der Waals surface area contributed by atoms with E-state index in [2.05, 4.69) is 21.2 Å². The lowest BCUT2D eigenvalue weighted by Crippen LogP contribution is -2.13. The molecular formula is C30H22BrFN2O3. The molecule has 0 fully saturated rings. The third-order valence-electron chi connectivity index (χ3n) is 5.30. The number of anilines is 1. The van der Waals surface area contributed by atoms with Gasteiger partial charge in [0, 0.05) is 15.7 Å². The molecule has 0 unspecified atom stereocenters. The molecule has 37 heavy (non-hydrogen) atoms. The Bertz CT molecular complexity index is 1430. The third-order valence-corrected chi connectivity index (χ3v) is 5.80. The highest BCUT2D eigenvalue weighted by atomic mass is 79.9. The number of hydrogen-bond donors (Lipinski definition) is 1. The van der Waals surface area contributed by atoms with Gasteiger partial charge >= 0.3 is 0 Å². The van der Waals surface area contributed by atoms with Gasteiger partial charge in [-0.05, 0) is 71.8 Å². The lowest BCUT2D eigenvalue weighted by atomic mass is 10.1. The molecule has 1 N–H and O–H groups in total. The van der Waals surface area contributed by atoms with Crippen LogP contribution in [0.4, 0.5) is 10.1 Å². The topological polar surface area (TPSA) is 71.3 Å². The molecule has 0 aliphatic rings. The Morgan fingerprint density at radius 1 is 0.892 bits per heavy atom. The summed E-state index contributed by atoms with van der Waals surface area (Å²) < 4.78 is 25.6. The molecule has 4 rings (SSSR count). The van der Waals surface area contributed by atoms with Crippen molar-refractivity contribution < 1.29 is 18.7 Å². The average molecular weight is 557 g/mol. The largest absolute Gasteiger partial charge is 0.489 e. The summed E-state index contributed by atoms with van der Waals surface area (Å²) in [6, 6.07) is 30.0. The van der Waals surface area contributed by atoms with Gasteiger partial charge in [-0.25, -0.2) is 4.39 Å². The quantitative estimate of drug-likeness (QED) is 0.173. The van der Waals surface area contributed by atoms with E-state index in [4.69, 9.17) is 9.47 Å². The van der Waals surface area contributed by atoms with E-state index < -0.39 is 5.91 Å². The molecule has 4 aromatic carbocycles. The molecule has 0 heterocycles. The Morgan fingerprint density at radius 3 is 2.27 bits per heavy atom. The number of nitrogens with one attached hydrogen (secondary N) is 1. The summed E-state index contributed by atoms with van der Waals surface area (Å²) in [6.07, 6.45) is 1.47. The van der Waals surface area contributed by atoms with E-state index in [1.54, 1.807) is 54.6 Å². The summed E-state index contributed by atoms with van der Waals surface area (Å²) in [6.45, 7) is 0.640. The fraction of sp³-hybridized carbons (Fsp3) is 0.0667. The van der Waals surface area contributed by atoms with Gasteiger partial charge in [-0.1, -0.05) is 58.4 Å². The van der Waals surface area contributed by atoms with Gasteiger partial charge < -0.3 is 14.8 Å². The molecule has 0 aliphatic carbocycles. The van der Waals surface area contributed by atoms with E-state index in [0.29, 0.717) is 29.4 Å². The highest BCUT2D eigenvalue weighted by Gasteiger charge is 2.12. The van der Waals surface area contributed by atoms with Gasteiger partial charge in [0.25, 0.3) is 5.91 Å². The van der Waals surface area contributed by atoms with E-state index in [0.717, 1.165) is 15.6 Å². The summed E-state index contributed by atoms with van der Waals surface area (Å²) in [5, 5.41) is 12.4. The summed E-state index contributed by atoms with van der Waals surface area (Å²) in [5.41, 5.74) is 2.83. The number of nitrogens with zero attached hydrogens (tertiary/aromatic N) is 1. The molecule has 0 aliphatic heterocycles. The summed E-state index contributed by atoms with van der Waals surface area (Å²) in [5.74, 6) is 0.267. The Morgan fingerprint density at radius 2 is 1.57 bits per heavy atom. The van der Waals surface area contributed by atoms with Gasteiger partial charge in [0.2, 0.25) is 0 Å². The Hall–Kier alpha value is -4.41. The molecule has 0 atom stereocenters. The van der Waals surface area contributed by atoms with Gasteiger partial charge in [-0.3, -0.25) is 4.79 Å². The van der Waals surface area contributed by atoms with Crippen LogP contribution in [0.1, 0.15) is 16.7 Å². The number of rotatable bonds is 9. The Kier molecular flexibility index (Phi) is 8.69. The first kappa shape index (κ1) is 25.7. The maximum absolute atomic E-state index is 13.2. The lowest BCUT2D eigenvalue weighted by molar-refractivity contribution is -0.112. The number of hydrogen-bond acceptors (Lipinski definition) is 4. The van der Waals surface area contributed by atoms with Crippen molar-refractivity contribution in [2.75, 3.05) is 5.32 Å². The highest BCUT2D eigenvalue weighted by Crippen LogP contribution is 2.27. The zero-order chi connectivity index (χ0) is 26.0. The second-order valence-electron chi connectivity index (χ2n) is 8.02. The molecular weight excluding hydrogens is 535 g/mol. The number of nitriles is 1. The predicted molar refractivity (Wildman–Crippen MR) is 144 cm³/mol. The first-order valence-corrected chi connectivity index (χ1v) is 12.2. The van der Waals surface area contributed by atoms with E-state index in [1.807, 2.05) is 36.4 Å². The van der Waals surface area contributed by atoms with Crippen LogP contribution in [0, 0.1) is 17.1 Å². The minimum Gasteiger partial charge on any atom is -0.489 e. The SMILES string of the molecule is N#C/C(=C\c1cc(Br)ccc1OCc1ccc(F)cc1)C(=O)Nc1ccc(OCc2ccccc2)cc1. The number of halogens is 2. The third kappa shape index (κ3) is 7.53. The minimum absolute atomic E-state index is 0.0888. The minimum atomic E-state index is -0.551. The molecule has 0 bridgehead atoms. The van der Waals surface area contributed by atoms with Crippen LogP contribution in [0.15, 0.2) is 107 Å². The fourth-order valence-corrected chi connectivity index (χ4v) is 3.76. The summed E-state index contributed by atoms with van der Waals surface area (Å²) in [4.78, 5) is 12.8. The zero-order valence-electron chi connectivity index (χ0n) is 19.7.